The molecule has 15 heavy (non-hydrogen) atoms. The van der Waals surface area contributed by atoms with Crippen LogP contribution in [0.3, 0.4) is 0 Å². The van der Waals surface area contributed by atoms with Crippen molar-refractivity contribution in [3.05, 3.63) is 40.6 Å². The zero-order chi connectivity index (χ0) is 10.8. The van der Waals surface area contributed by atoms with Crippen LogP contribution in [-0.2, 0) is 4.79 Å². The number of hydrogen-bond acceptors (Lipinski definition) is 3. The minimum Gasteiger partial charge on any atom is -0.301 e. The molecule has 0 saturated carbocycles. The zero-order valence-corrected chi connectivity index (χ0v) is 8.40. The number of thioether (sulfide) groups is 1. The van der Waals surface area contributed by atoms with E-state index in [-0.39, 0.29) is 16.9 Å². The maximum atomic E-state index is 12.6. The molecule has 1 heterocycles. The van der Waals surface area contributed by atoms with Gasteiger partial charge in [0.1, 0.15) is 5.82 Å². The molecule has 0 bridgehead atoms. The SMILES string of the molecule is N=C1NC(=O)C(=Cc2ccc(F)cc2)S1. The summed E-state index contributed by atoms with van der Waals surface area (Å²) in [6, 6.07) is 5.82. The summed E-state index contributed by atoms with van der Waals surface area (Å²) < 4.78 is 12.6. The Labute approximate surface area is 89.9 Å². The molecule has 1 aliphatic heterocycles. The molecular weight excluding hydrogens is 215 g/mol. The Morgan fingerprint density at radius 2 is 2.00 bits per heavy atom. The van der Waals surface area contributed by atoms with Crippen molar-refractivity contribution in [2.45, 2.75) is 0 Å². The molecule has 0 unspecified atom stereocenters. The molecule has 1 fully saturated rings. The Hall–Kier alpha value is -1.62. The molecule has 0 aliphatic carbocycles. The second-order valence-electron chi connectivity index (χ2n) is 2.95. The minimum atomic E-state index is -0.312. The first-order valence-corrected chi connectivity index (χ1v) is 5.02. The van der Waals surface area contributed by atoms with Crippen molar-refractivity contribution in [1.29, 1.82) is 5.41 Å². The first kappa shape index (κ1) is 9.92. The third-order valence-electron chi connectivity index (χ3n) is 1.83. The van der Waals surface area contributed by atoms with Crippen LogP contribution in [-0.4, -0.2) is 11.1 Å². The molecule has 0 aromatic heterocycles. The van der Waals surface area contributed by atoms with E-state index in [2.05, 4.69) is 5.32 Å². The van der Waals surface area contributed by atoms with Gasteiger partial charge in [-0.15, -0.1) is 0 Å². The van der Waals surface area contributed by atoms with Gasteiger partial charge in [0.25, 0.3) is 5.91 Å². The summed E-state index contributed by atoms with van der Waals surface area (Å²) in [4.78, 5) is 11.7. The molecule has 2 rings (SSSR count). The summed E-state index contributed by atoms with van der Waals surface area (Å²) in [5.41, 5.74) is 0.740. The third kappa shape index (κ3) is 2.24. The maximum Gasteiger partial charge on any atom is 0.264 e. The Morgan fingerprint density at radius 3 is 2.53 bits per heavy atom. The lowest BCUT2D eigenvalue weighted by Gasteiger charge is -1.94. The van der Waals surface area contributed by atoms with Crippen LogP contribution in [0.2, 0.25) is 0 Å². The predicted octanol–water partition coefficient (Wildman–Crippen LogP) is 1.96. The Bertz CT molecular complexity index is 453. The number of nitrogens with one attached hydrogen (secondary N) is 2. The normalized spacial score (nSPS) is 18.3. The number of benzene rings is 1. The topological polar surface area (TPSA) is 53.0 Å². The van der Waals surface area contributed by atoms with E-state index in [1.54, 1.807) is 18.2 Å². The zero-order valence-electron chi connectivity index (χ0n) is 7.58. The molecule has 1 aliphatic rings. The smallest absolute Gasteiger partial charge is 0.264 e. The Kier molecular flexibility index (Phi) is 2.55. The number of halogens is 1. The van der Waals surface area contributed by atoms with E-state index in [9.17, 15) is 9.18 Å². The average molecular weight is 222 g/mol. The van der Waals surface area contributed by atoms with Crippen LogP contribution in [0, 0.1) is 11.2 Å². The first-order chi connectivity index (χ1) is 7.15. The lowest BCUT2D eigenvalue weighted by molar-refractivity contribution is -0.115. The van der Waals surface area contributed by atoms with Crippen molar-refractivity contribution >= 4 is 28.9 Å². The van der Waals surface area contributed by atoms with Crippen molar-refractivity contribution < 1.29 is 9.18 Å². The number of carbonyl (C=O) groups is 1. The maximum absolute atomic E-state index is 12.6. The standard InChI is InChI=1S/C10H7FN2OS/c11-7-3-1-6(2-4-7)5-8-9(14)13-10(12)15-8/h1-5H,(H2,12,13,14). The van der Waals surface area contributed by atoms with Gasteiger partial charge in [-0.2, -0.15) is 0 Å². The van der Waals surface area contributed by atoms with Crippen molar-refractivity contribution in [3.63, 3.8) is 0 Å². The van der Waals surface area contributed by atoms with Gasteiger partial charge in [0.05, 0.1) is 4.91 Å². The van der Waals surface area contributed by atoms with Gasteiger partial charge < -0.3 is 5.32 Å². The highest BCUT2D eigenvalue weighted by Gasteiger charge is 2.21. The number of amidine groups is 1. The molecule has 5 heteroatoms. The van der Waals surface area contributed by atoms with Crippen molar-refractivity contribution in [3.8, 4) is 0 Å². The second-order valence-corrected chi connectivity index (χ2v) is 4.00. The number of carbonyl (C=O) groups excluding carboxylic acids is 1. The fourth-order valence-electron chi connectivity index (χ4n) is 1.15. The first-order valence-electron chi connectivity index (χ1n) is 4.20. The molecule has 0 atom stereocenters. The van der Waals surface area contributed by atoms with Crippen LogP contribution >= 0.6 is 11.8 Å². The molecule has 2 N–H and O–H groups in total. The van der Waals surface area contributed by atoms with Crippen LogP contribution in [0.1, 0.15) is 5.56 Å². The summed E-state index contributed by atoms with van der Waals surface area (Å²) in [7, 11) is 0. The second kappa shape index (κ2) is 3.86. The lowest BCUT2D eigenvalue weighted by Crippen LogP contribution is -2.18. The van der Waals surface area contributed by atoms with Crippen molar-refractivity contribution in [2.24, 2.45) is 0 Å². The van der Waals surface area contributed by atoms with Crippen LogP contribution < -0.4 is 5.32 Å². The van der Waals surface area contributed by atoms with E-state index in [1.165, 1.54) is 12.1 Å². The van der Waals surface area contributed by atoms with Crippen LogP contribution in [0.15, 0.2) is 29.2 Å². The molecule has 3 nitrogen and oxygen atoms in total. The molecule has 0 spiro atoms. The molecule has 0 radical (unpaired) electrons. The van der Waals surface area contributed by atoms with Gasteiger partial charge in [-0.3, -0.25) is 10.2 Å². The van der Waals surface area contributed by atoms with Gasteiger partial charge in [-0.05, 0) is 35.5 Å². The van der Waals surface area contributed by atoms with Gasteiger partial charge in [0, 0.05) is 0 Å². The highest BCUT2D eigenvalue weighted by Crippen LogP contribution is 2.24. The lowest BCUT2D eigenvalue weighted by atomic mass is 10.2. The van der Waals surface area contributed by atoms with Crippen molar-refractivity contribution in [1.82, 2.24) is 5.32 Å². The van der Waals surface area contributed by atoms with E-state index in [0.29, 0.717) is 4.91 Å². The van der Waals surface area contributed by atoms with Crippen LogP contribution in [0.4, 0.5) is 4.39 Å². The molecule has 1 aromatic carbocycles. The van der Waals surface area contributed by atoms with Gasteiger partial charge in [-0.25, -0.2) is 4.39 Å². The summed E-state index contributed by atoms with van der Waals surface area (Å²) in [5.74, 6) is -0.595. The summed E-state index contributed by atoms with van der Waals surface area (Å²) >= 11 is 1.06. The van der Waals surface area contributed by atoms with E-state index in [0.717, 1.165) is 17.3 Å². The van der Waals surface area contributed by atoms with Crippen LogP contribution in [0.25, 0.3) is 6.08 Å². The highest BCUT2D eigenvalue weighted by atomic mass is 32.2. The van der Waals surface area contributed by atoms with Gasteiger partial charge in [0.2, 0.25) is 0 Å². The Morgan fingerprint density at radius 1 is 1.33 bits per heavy atom. The number of hydrogen-bond donors (Lipinski definition) is 2. The fraction of sp³-hybridized carbons (Fsp3) is 0. The monoisotopic (exact) mass is 222 g/mol. The average Bonchev–Trinajstić information content (AvgIpc) is 2.49. The fourth-order valence-corrected chi connectivity index (χ4v) is 1.85. The van der Waals surface area contributed by atoms with E-state index in [1.807, 2.05) is 0 Å². The minimum absolute atomic E-state index is 0.119. The molecule has 1 saturated heterocycles. The summed E-state index contributed by atoms with van der Waals surface area (Å²) in [6.07, 6.45) is 1.63. The van der Waals surface area contributed by atoms with E-state index < -0.39 is 0 Å². The van der Waals surface area contributed by atoms with Crippen LogP contribution in [0.5, 0.6) is 0 Å². The Balaban J connectivity index is 2.27. The molecule has 1 aromatic rings. The predicted molar refractivity (Wildman–Crippen MR) is 57.8 cm³/mol. The summed E-state index contributed by atoms with van der Waals surface area (Å²) in [5, 5.41) is 9.72. The molecular formula is C10H7FN2OS. The quantitative estimate of drug-likeness (QED) is 0.714. The van der Waals surface area contributed by atoms with Gasteiger partial charge in [-0.1, -0.05) is 12.1 Å². The molecule has 1 amide bonds. The summed E-state index contributed by atoms with van der Waals surface area (Å²) in [6.45, 7) is 0. The number of amides is 1. The largest absolute Gasteiger partial charge is 0.301 e. The third-order valence-corrected chi connectivity index (χ3v) is 2.66. The molecule has 76 valence electrons. The van der Waals surface area contributed by atoms with E-state index >= 15 is 0 Å². The number of rotatable bonds is 1. The van der Waals surface area contributed by atoms with Gasteiger partial charge in [0.15, 0.2) is 5.17 Å². The van der Waals surface area contributed by atoms with Gasteiger partial charge >= 0.3 is 0 Å². The highest BCUT2D eigenvalue weighted by molar-refractivity contribution is 8.18. The van der Waals surface area contributed by atoms with E-state index in [4.69, 9.17) is 5.41 Å². The van der Waals surface area contributed by atoms with Crippen molar-refractivity contribution in [2.75, 3.05) is 0 Å².